The number of ether oxygens (including phenoxy) is 5. The Hall–Kier alpha value is -4.52. The largest absolute Gasteiger partial charge is 0.490 e. The highest BCUT2D eigenvalue weighted by atomic mass is 16.7. The lowest BCUT2D eigenvalue weighted by Gasteiger charge is -2.60. The molecule has 2 aliphatic carbocycles. The van der Waals surface area contributed by atoms with Gasteiger partial charge in [-0.25, -0.2) is 4.79 Å². The van der Waals surface area contributed by atoms with Crippen molar-refractivity contribution < 1.29 is 43.5 Å². The Balaban J connectivity index is 1.49. The number of carbonyl (C=O) groups excluding carboxylic acids is 1. The van der Waals surface area contributed by atoms with Crippen LogP contribution in [0.25, 0.3) is 0 Å². The molecule has 2 amide bonds. The number of aliphatic hydroxyl groups is 2. The summed E-state index contributed by atoms with van der Waals surface area (Å²) >= 11 is 0. The minimum Gasteiger partial charge on any atom is -0.490 e. The lowest BCUT2D eigenvalue weighted by atomic mass is 9.55. The van der Waals surface area contributed by atoms with E-state index in [0.29, 0.717) is 61.8 Å². The van der Waals surface area contributed by atoms with Crippen molar-refractivity contribution in [2.45, 2.75) is 82.6 Å². The van der Waals surface area contributed by atoms with Crippen molar-refractivity contribution in [2.24, 2.45) is 22.9 Å². The van der Waals surface area contributed by atoms with Gasteiger partial charge in [-0.1, -0.05) is 55.8 Å². The number of hydrogen-bond donors (Lipinski definition) is 3. The molecule has 4 aliphatic rings. The highest BCUT2D eigenvalue weighted by Gasteiger charge is 2.65. The molecule has 2 aromatic carbocycles. The second kappa shape index (κ2) is 18.9. The van der Waals surface area contributed by atoms with Gasteiger partial charge in [-0.05, 0) is 85.4 Å². The quantitative estimate of drug-likeness (QED) is 0.0750. The average Bonchev–Trinajstić information content (AvgIpc) is 3.67. The fourth-order valence-corrected chi connectivity index (χ4v) is 8.97. The monoisotopic (exact) mass is 759 g/mol. The van der Waals surface area contributed by atoms with E-state index in [1.165, 1.54) is 0 Å². The number of nitrogens with one attached hydrogen (secondary N) is 1. The van der Waals surface area contributed by atoms with Crippen LogP contribution in [0, 0.1) is 17.8 Å². The molecule has 55 heavy (non-hydrogen) atoms. The van der Waals surface area contributed by atoms with Gasteiger partial charge < -0.3 is 49.0 Å². The van der Waals surface area contributed by atoms with Gasteiger partial charge in [0.1, 0.15) is 31.3 Å². The van der Waals surface area contributed by atoms with Gasteiger partial charge in [0.25, 0.3) is 0 Å². The molecule has 1 fully saturated rings. The topological polar surface area (TPSA) is 141 Å². The summed E-state index contributed by atoms with van der Waals surface area (Å²) < 4.78 is 31.4. The first-order chi connectivity index (χ1) is 26.9. The zero-order valence-electron chi connectivity index (χ0n) is 32.3. The standard InChI is InChI=1S/C43H57N3O9/c1-5-18-46(42(49)44-27-29-14-16-37-38(23-29)53-28-52-37)39-26-35(45-50-4)33-24-30(12-8-10-19-47)32(13-9-11-20-48)40-34-25-31(51-21-6-2)15-17-36(34)55-43(39,41(33)40)54-22-7-3/h6-7,14-17,23-25,30,32,39-41,47-48H,2-3,5,8-13,18-22,26-28H2,1,4H3,(H,44,49)/t30-,32+,39-,40+,41+,43+/m0/s1. The number of carbonyl (C=O) groups is 1. The molecule has 12 heteroatoms. The Bertz CT molecular complexity index is 1710. The van der Waals surface area contributed by atoms with Crippen molar-refractivity contribution >= 4 is 11.7 Å². The summed E-state index contributed by atoms with van der Waals surface area (Å²) in [6, 6.07) is 10.7. The van der Waals surface area contributed by atoms with Crippen molar-refractivity contribution in [2.75, 3.05) is 46.9 Å². The predicted molar refractivity (Wildman–Crippen MR) is 209 cm³/mol. The van der Waals surface area contributed by atoms with E-state index in [1.807, 2.05) is 42.2 Å². The fourth-order valence-electron chi connectivity index (χ4n) is 8.97. The van der Waals surface area contributed by atoms with Crippen molar-refractivity contribution in [1.82, 2.24) is 10.2 Å². The molecule has 2 heterocycles. The van der Waals surface area contributed by atoms with Gasteiger partial charge in [-0.2, -0.15) is 0 Å². The number of oxime groups is 1. The number of fused-ring (bicyclic) bond motifs is 3. The first-order valence-electron chi connectivity index (χ1n) is 19.7. The van der Waals surface area contributed by atoms with Crippen molar-refractivity contribution in [3.63, 3.8) is 0 Å². The number of urea groups is 1. The van der Waals surface area contributed by atoms with Crippen LogP contribution < -0.4 is 24.3 Å². The molecule has 0 unspecified atom stereocenters. The molecule has 2 aromatic rings. The van der Waals surface area contributed by atoms with E-state index >= 15 is 0 Å². The summed E-state index contributed by atoms with van der Waals surface area (Å²) in [5, 5.41) is 27.4. The zero-order valence-corrected chi connectivity index (χ0v) is 32.3. The fraction of sp³-hybridized carbons (Fsp3) is 0.535. The molecule has 2 aliphatic heterocycles. The molecular formula is C43H57N3O9. The molecule has 12 nitrogen and oxygen atoms in total. The van der Waals surface area contributed by atoms with Gasteiger partial charge in [0, 0.05) is 44.2 Å². The molecule has 298 valence electrons. The molecule has 0 bridgehead atoms. The van der Waals surface area contributed by atoms with Crippen molar-refractivity contribution in [3.8, 4) is 23.0 Å². The summed E-state index contributed by atoms with van der Waals surface area (Å²) in [6.45, 7) is 11.6. The van der Waals surface area contributed by atoms with E-state index in [0.717, 1.165) is 48.1 Å². The van der Waals surface area contributed by atoms with Gasteiger partial charge in [0.15, 0.2) is 11.5 Å². The van der Waals surface area contributed by atoms with Gasteiger partial charge in [-0.3, -0.25) is 0 Å². The minimum absolute atomic E-state index is 0.114. The summed E-state index contributed by atoms with van der Waals surface area (Å²) in [5.74, 6) is 1.11. The third kappa shape index (κ3) is 8.51. The summed E-state index contributed by atoms with van der Waals surface area (Å²) in [5.41, 5.74) is 3.62. The average molecular weight is 760 g/mol. The lowest BCUT2D eigenvalue weighted by molar-refractivity contribution is -0.254. The normalized spacial score (nSPS) is 25.2. The van der Waals surface area contributed by atoms with Crippen LogP contribution in [0.1, 0.15) is 75.3 Å². The molecule has 0 aromatic heterocycles. The van der Waals surface area contributed by atoms with Gasteiger partial charge >= 0.3 is 6.03 Å². The summed E-state index contributed by atoms with van der Waals surface area (Å²) in [7, 11) is 1.55. The molecule has 6 rings (SSSR count). The maximum absolute atomic E-state index is 14.5. The van der Waals surface area contributed by atoms with Crippen molar-refractivity contribution in [3.05, 3.63) is 84.5 Å². The number of allylic oxidation sites excluding steroid dienone is 1. The van der Waals surface area contributed by atoms with Crippen molar-refractivity contribution in [1.29, 1.82) is 0 Å². The van der Waals surface area contributed by atoms with Gasteiger partial charge in [0.05, 0.1) is 18.2 Å². The molecule has 1 saturated carbocycles. The SMILES string of the molecule is C=CCOc1ccc2c(c1)[C@H]1[C@H](CCCCO)[C@@H](CCCCO)C=C3C(=NOC)C[C@H](N(CCC)C(=O)NCc4ccc5c(c4)OCO5)[C@@](OCC=C)(O2)[C@H]31. The first-order valence-corrected chi connectivity index (χ1v) is 19.7. The van der Waals surface area contributed by atoms with E-state index < -0.39 is 17.7 Å². The van der Waals surface area contributed by atoms with Crippen LogP contribution in [0.3, 0.4) is 0 Å². The summed E-state index contributed by atoms with van der Waals surface area (Å²) in [4.78, 5) is 21.9. The number of aliphatic hydroxyl groups excluding tert-OH is 2. The molecule has 0 radical (unpaired) electrons. The number of rotatable bonds is 20. The number of nitrogens with zero attached hydrogens (tertiary/aromatic N) is 2. The van der Waals surface area contributed by atoms with Crippen LogP contribution in [-0.4, -0.2) is 85.6 Å². The number of unbranched alkanes of at least 4 members (excludes halogenated alkanes) is 2. The maximum Gasteiger partial charge on any atom is 0.318 e. The third-order valence-corrected chi connectivity index (χ3v) is 11.2. The van der Waals surface area contributed by atoms with E-state index in [2.05, 4.69) is 35.8 Å². The number of hydrogen-bond acceptors (Lipinski definition) is 10. The molecule has 0 saturated heterocycles. The Morgan fingerprint density at radius 3 is 2.53 bits per heavy atom. The Kier molecular flexibility index (Phi) is 13.8. The molecule has 6 atom stereocenters. The number of amides is 2. The number of benzene rings is 2. The maximum atomic E-state index is 14.5. The predicted octanol–water partition coefficient (Wildman–Crippen LogP) is 6.87. The lowest BCUT2D eigenvalue weighted by Crippen LogP contribution is -2.70. The highest BCUT2D eigenvalue weighted by molar-refractivity contribution is 6.03. The van der Waals surface area contributed by atoms with Crippen LogP contribution in [0.15, 0.2) is 78.5 Å². The van der Waals surface area contributed by atoms with Crippen LogP contribution in [-0.2, 0) is 16.1 Å². The minimum atomic E-state index is -1.33. The van der Waals surface area contributed by atoms with E-state index in [1.54, 1.807) is 19.3 Å². The van der Waals surface area contributed by atoms with Crippen LogP contribution in [0.4, 0.5) is 4.79 Å². The van der Waals surface area contributed by atoms with E-state index in [9.17, 15) is 15.0 Å². The van der Waals surface area contributed by atoms with Crippen LogP contribution in [0.2, 0.25) is 0 Å². The second-order valence-electron chi connectivity index (χ2n) is 14.6. The Morgan fingerprint density at radius 1 is 1.02 bits per heavy atom. The van der Waals surface area contributed by atoms with E-state index in [-0.39, 0.29) is 56.9 Å². The zero-order chi connectivity index (χ0) is 38.8. The second-order valence-corrected chi connectivity index (χ2v) is 14.6. The third-order valence-electron chi connectivity index (χ3n) is 11.2. The Labute approximate surface area is 324 Å². The highest BCUT2D eigenvalue weighted by Crippen LogP contribution is 2.62. The smallest absolute Gasteiger partial charge is 0.318 e. The van der Waals surface area contributed by atoms with Gasteiger partial charge in [-0.15, -0.1) is 6.58 Å². The first kappa shape index (κ1) is 40.2. The summed E-state index contributed by atoms with van der Waals surface area (Å²) in [6.07, 6.45) is 11.6. The van der Waals surface area contributed by atoms with E-state index in [4.69, 9.17) is 28.5 Å². The van der Waals surface area contributed by atoms with Crippen LogP contribution >= 0.6 is 0 Å². The molecular weight excluding hydrogens is 702 g/mol. The molecule has 3 N–H and O–H groups in total. The van der Waals surface area contributed by atoms with Crippen LogP contribution in [0.5, 0.6) is 23.0 Å². The Morgan fingerprint density at radius 2 is 1.78 bits per heavy atom. The molecule has 0 spiro atoms. The van der Waals surface area contributed by atoms with Gasteiger partial charge in [0.2, 0.25) is 12.6 Å².